The van der Waals surface area contributed by atoms with Crippen LogP contribution in [0.3, 0.4) is 0 Å². The molecule has 0 bridgehead atoms. The van der Waals surface area contributed by atoms with Gasteiger partial charge in [0.2, 0.25) is 10.0 Å². The van der Waals surface area contributed by atoms with Crippen molar-refractivity contribution < 1.29 is 8.42 Å². The normalized spacial score (nSPS) is 20.2. The summed E-state index contributed by atoms with van der Waals surface area (Å²) in [6.45, 7) is 2.34. The third-order valence-corrected chi connectivity index (χ3v) is 5.71. The quantitative estimate of drug-likeness (QED) is 0.827. The number of anilines is 1. The second kappa shape index (κ2) is 5.50. The van der Waals surface area contributed by atoms with E-state index in [0.717, 1.165) is 17.7 Å². The van der Waals surface area contributed by atoms with Crippen LogP contribution in [0.2, 0.25) is 0 Å². The predicted molar refractivity (Wildman–Crippen MR) is 76.3 cm³/mol. The first-order valence-electron chi connectivity index (χ1n) is 5.96. The van der Waals surface area contributed by atoms with Gasteiger partial charge in [0.15, 0.2) is 0 Å². The van der Waals surface area contributed by atoms with Crippen LogP contribution < -0.4 is 10.5 Å². The smallest absolute Gasteiger partial charge is 0.240 e. The molecule has 1 aliphatic rings. The number of aryl methyl sites for hydroxylation is 1. The van der Waals surface area contributed by atoms with Gasteiger partial charge in [-0.2, -0.15) is 11.8 Å². The van der Waals surface area contributed by atoms with E-state index in [9.17, 15) is 8.42 Å². The Hall–Kier alpha value is -0.720. The standard InChI is InChI=1S/C12H18N2O2S2/c1-9-5-10(13)7-12(6-9)18(15,16)14-8-11-3-2-4-17-11/h5-7,11,14H,2-4,8,13H2,1H3. The minimum Gasteiger partial charge on any atom is -0.399 e. The van der Waals surface area contributed by atoms with Crippen LogP contribution in [-0.2, 0) is 10.0 Å². The topological polar surface area (TPSA) is 72.2 Å². The van der Waals surface area contributed by atoms with Gasteiger partial charge in [0.05, 0.1) is 4.90 Å². The predicted octanol–water partition coefficient (Wildman–Crippen LogP) is 1.75. The zero-order valence-electron chi connectivity index (χ0n) is 10.3. The molecule has 18 heavy (non-hydrogen) atoms. The van der Waals surface area contributed by atoms with Gasteiger partial charge in [-0.1, -0.05) is 0 Å². The summed E-state index contributed by atoms with van der Waals surface area (Å²) in [4.78, 5) is 0.253. The van der Waals surface area contributed by atoms with Gasteiger partial charge >= 0.3 is 0 Å². The molecule has 1 aliphatic heterocycles. The minimum atomic E-state index is -3.44. The van der Waals surface area contributed by atoms with Gasteiger partial charge in [0.25, 0.3) is 0 Å². The monoisotopic (exact) mass is 286 g/mol. The Morgan fingerprint density at radius 1 is 1.44 bits per heavy atom. The highest BCUT2D eigenvalue weighted by atomic mass is 32.2. The molecule has 0 aromatic heterocycles. The zero-order chi connectivity index (χ0) is 13.2. The Labute approximate surface area is 112 Å². The van der Waals surface area contributed by atoms with E-state index in [2.05, 4.69) is 4.72 Å². The maximum absolute atomic E-state index is 12.1. The number of nitrogens with one attached hydrogen (secondary N) is 1. The Morgan fingerprint density at radius 2 is 2.22 bits per heavy atom. The van der Waals surface area contributed by atoms with Crippen molar-refractivity contribution in [2.24, 2.45) is 0 Å². The summed E-state index contributed by atoms with van der Waals surface area (Å²) in [6.07, 6.45) is 2.26. The van der Waals surface area contributed by atoms with Crippen molar-refractivity contribution in [3.8, 4) is 0 Å². The summed E-state index contributed by atoms with van der Waals surface area (Å²) in [5.41, 5.74) is 7.01. The fourth-order valence-corrected chi connectivity index (χ4v) is 4.55. The van der Waals surface area contributed by atoms with Crippen LogP contribution >= 0.6 is 11.8 Å². The second-order valence-corrected chi connectivity index (χ2v) is 7.74. The molecule has 1 fully saturated rings. The molecule has 1 aromatic rings. The summed E-state index contributed by atoms with van der Waals surface area (Å²) < 4.78 is 26.9. The number of nitrogens with two attached hydrogens (primary N) is 1. The third kappa shape index (κ3) is 3.40. The van der Waals surface area contributed by atoms with Crippen LogP contribution in [0.15, 0.2) is 23.1 Å². The van der Waals surface area contributed by atoms with Crippen molar-refractivity contribution >= 4 is 27.5 Å². The summed E-state index contributed by atoms with van der Waals surface area (Å²) in [6, 6.07) is 4.89. The van der Waals surface area contributed by atoms with E-state index in [1.54, 1.807) is 12.1 Å². The largest absolute Gasteiger partial charge is 0.399 e. The van der Waals surface area contributed by atoms with Crippen molar-refractivity contribution in [2.75, 3.05) is 18.0 Å². The first kappa shape index (κ1) is 13.7. The molecule has 0 saturated carbocycles. The molecule has 4 nitrogen and oxygen atoms in total. The Kier molecular flexibility index (Phi) is 4.19. The molecule has 0 aliphatic carbocycles. The lowest BCUT2D eigenvalue weighted by molar-refractivity contribution is 0.579. The van der Waals surface area contributed by atoms with Gasteiger partial charge in [-0.3, -0.25) is 0 Å². The molecule has 1 aromatic carbocycles. The molecule has 2 rings (SSSR count). The van der Waals surface area contributed by atoms with E-state index >= 15 is 0 Å². The first-order chi connectivity index (χ1) is 8.47. The number of hydrogen-bond donors (Lipinski definition) is 2. The van der Waals surface area contributed by atoms with Gasteiger partial charge in [0, 0.05) is 17.5 Å². The molecule has 3 N–H and O–H groups in total. The highest BCUT2D eigenvalue weighted by Crippen LogP contribution is 2.26. The van der Waals surface area contributed by atoms with E-state index < -0.39 is 10.0 Å². The molecule has 0 radical (unpaired) electrons. The SMILES string of the molecule is Cc1cc(N)cc(S(=O)(=O)NCC2CCCS2)c1. The minimum absolute atomic E-state index is 0.253. The molecule has 100 valence electrons. The van der Waals surface area contributed by atoms with Crippen LogP contribution in [0.5, 0.6) is 0 Å². The van der Waals surface area contributed by atoms with E-state index in [0.29, 0.717) is 17.5 Å². The maximum atomic E-state index is 12.1. The van der Waals surface area contributed by atoms with E-state index in [4.69, 9.17) is 5.73 Å². The van der Waals surface area contributed by atoms with Crippen molar-refractivity contribution in [2.45, 2.75) is 29.9 Å². The lowest BCUT2D eigenvalue weighted by atomic mass is 10.2. The van der Waals surface area contributed by atoms with Crippen molar-refractivity contribution in [3.63, 3.8) is 0 Å². The molecule has 1 unspecified atom stereocenters. The van der Waals surface area contributed by atoms with Gasteiger partial charge < -0.3 is 5.73 Å². The fourth-order valence-electron chi connectivity index (χ4n) is 2.02. The highest BCUT2D eigenvalue weighted by Gasteiger charge is 2.20. The van der Waals surface area contributed by atoms with Crippen LogP contribution in [0, 0.1) is 6.92 Å². The number of thioether (sulfide) groups is 1. The Morgan fingerprint density at radius 3 is 2.83 bits per heavy atom. The summed E-state index contributed by atoms with van der Waals surface area (Å²) in [7, 11) is -3.44. The molecule has 0 amide bonds. The van der Waals surface area contributed by atoms with Gasteiger partial charge in [-0.25, -0.2) is 13.1 Å². The molecule has 1 heterocycles. The highest BCUT2D eigenvalue weighted by molar-refractivity contribution is 8.00. The Balaban J connectivity index is 2.09. The first-order valence-corrected chi connectivity index (χ1v) is 8.49. The number of rotatable bonds is 4. The number of hydrogen-bond acceptors (Lipinski definition) is 4. The summed E-state index contributed by atoms with van der Waals surface area (Å²) in [5, 5.41) is 0.405. The van der Waals surface area contributed by atoms with Crippen LogP contribution in [0.1, 0.15) is 18.4 Å². The average Bonchev–Trinajstić information content (AvgIpc) is 2.78. The second-order valence-electron chi connectivity index (χ2n) is 4.57. The third-order valence-electron chi connectivity index (χ3n) is 2.91. The van der Waals surface area contributed by atoms with Gasteiger partial charge in [-0.05, 0) is 49.3 Å². The molecule has 0 spiro atoms. The van der Waals surface area contributed by atoms with E-state index in [1.807, 2.05) is 18.7 Å². The molecular weight excluding hydrogens is 268 g/mol. The zero-order valence-corrected chi connectivity index (χ0v) is 12.0. The summed E-state index contributed by atoms with van der Waals surface area (Å²) >= 11 is 1.83. The van der Waals surface area contributed by atoms with Gasteiger partial charge in [0.1, 0.15) is 0 Å². The number of sulfonamides is 1. The Bertz CT molecular complexity index is 503. The van der Waals surface area contributed by atoms with Crippen molar-refractivity contribution in [3.05, 3.63) is 23.8 Å². The maximum Gasteiger partial charge on any atom is 0.240 e. The average molecular weight is 286 g/mol. The van der Waals surface area contributed by atoms with Gasteiger partial charge in [-0.15, -0.1) is 0 Å². The molecule has 1 atom stereocenters. The van der Waals surface area contributed by atoms with E-state index in [1.165, 1.54) is 12.5 Å². The number of nitrogen functional groups attached to an aromatic ring is 1. The van der Waals surface area contributed by atoms with E-state index in [-0.39, 0.29) is 4.90 Å². The van der Waals surface area contributed by atoms with Crippen LogP contribution in [-0.4, -0.2) is 26.0 Å². The van der Waals surface area contributed by atoms with Crippen molar-refractivity contribution in [1.82, 2.24) is 4.72 Å². The molecule has 6 heteroatoms. The molecular formula is C12H18N2O2S2. The lowest BCUT2D eigenvalue weighted by Gasteiger charge is -2.11. The lowest BCUT2D eigenvalue weighted by Crippen LogP contribution is -2.29. The number of benzene rings is 1. The van der Waals surface area contributed by atoms with Crippen LogP contribution in [0.25, 0.3) is 0 Å². The fraction of sp³-hybridized carbons (Fsp3) is 0.500. The summed E-state index contributed by atoms with van der Waals surface area (Å²) in [5.74, 6) is 1.13. The molecule has 1 saturated heterocycles. The van der Waals surface area contributed by atoms with Crippen molar-refractivity contribution in [1.29, 1.82) is 0 Å². The van der Waals surface area contributed by atoms with Crippen LogP contribution in [0.4, 0.5) is 5.69 Å².